The van der Waals surface area contributed by atoms with Crippen LogP contribution in [-0.2, 0) is 6.18 Å². The lowest BCUT2D eigenvalue weighted by atomic mass is 10.1. The summed E-state index contributed by atoms with van der Waals surface area (Å²) in [5.74, 6) is 0. The van der Waals surface area contributed by atoms with Crippen LogP contribution < -0.4 is 4.90 Å². The van der Waals surface area contributed by atoms with Gasteiger partial charge in [-0.25, -0.2) is 0 Å². The topological polar surface area (TPSA) is 6.48 Å². The fourth-order valence-electron chi connectivity index (χ4n) is 3.15. The molecule has 1 aromatic rings. The van der Waals surface area contributed by atoms with Gasteiger partial charge in [0.05, 0.1) is 5.56 Å². The van der Waals surface area contributed by atoms with E-state index in [9.17, 15) is 13.2 Å². The number of hydrogen-bond donors (Lipinski definition) is 0. The number of rotatable bonds is 1. The summed E-state index contributed by atoms with van der Waals surface area (Å²) in [6.07, 6.45) is -1.95. The van der Waals surface area contributed by atoms with Gasteiger partial charge in [0, 0.05) is 35.8 Å². The molecule has 2 fully saturated rings. The summed E-state index contributed by atoms with van der Waals surface area (Å²) in [6.45, 7) is 3.70. The van der Waals surface area contributed by atoms with Crippen LogP contribution in [-0.4, -0.2) is 37.1 Å². The number of nitrogens with zero attached hydrogens (tertiary/aromatic N) is 2. The molecule has 3 rings (SSSR count). The van der Waals surface area contributed by atoms with Crippen LogP contribution in [0.15, 0.2) is 22.7 Å². The largest absolute Gasteiger partial charge is 0.416 e. The zero-order chi connectivity index (χ0) is 14.3. The fourth-order valence-corrected chi connectivity index (χ4v) is 3.63. The Kier molecular flexibility index (Phi) is 3.71. The van der Waals surface area contributed by atoms with Crippen LogP contribution in [0.3, 0.4) is 0 Å². The molecule has 0 radical (unpaired) electrons. The molecule has 1 atom stereocenters. The molecule has 2 aliphatic heterocycles. The Morgan fingerprint density at radius 3 is 2.65 bits per heavy atom. The standard InChI is InChI=1S/C14H16BrF3N2/c15-11-6-10(14(16,17)18)7-13(8-11)20-5-4-19-3-1-2-12(19)9-20/h6-8,12H,1-5,9H2. The molecule has 110 valence electrons. The number of halogens is 4. The summed E-state index contributed by atoms with van der Waals surface area (Å²) >= 11 is 3.19. The van der Waals surface area contributed by atoms with Crippen molar-refractivity contribution in [2.24, 2.45) is 0 Å². The number of hydrogen-bond acceptors (Lipinski definition) is 2. The number of alkyl halides is 3. The second-order valence-corrected chi connectivity index (χ2v) is 6.39. The van der Waals surface area contributed by atoms with Crippen LogP contribution >= 0.6 is 15.9 Å². The van der Waals surface area contributed by atoms with Crippen LogP contribution in [0.25, 0.3) is 0 Å². The van der Waals surface area contributed by atoms with Crippen molar-refractivity contribution in [2.75, 3.05) is 31.1 Å². The van der Waals surface area contributed by atoms with Crippen molar-refractivity contribution in [1.82, 2.24) is 4.90 Å². The van der Waals surface area contributed by atoms with E-state index in [0.29, 0.717) is 16.2 Å². The van der Waals surface area contributed by atoms with Gasteiger partial charge in [0.25, 0.3) is 0 Å². The Morgan fingerprint density at radius 2 is 1.90 bits per heavy atom. The molecule has 2 aliphatic rings. The van der Waals surface area contributed by atoms with Gasteiger partial charge in [-0.2, -0.15) is 13.2 Å². The number of fused-ring (bicyclic) bond motifs is 1. The normalized spacial score (nSPS) is 24.0. The summed E-state index contributed by atoms with van der Waals surface area (Å²) < 4.78 is 39.1. The molecule has 2 heterocycles. The summed E-state index contributed by atoms with van der Waals surface area (Å²) in [7, 11) is 0. The molecule has 1 aromatic carbocycles. The second-order valence-electron chi connectivity index (χ2n) is 5.47. The minimum absolute atomic E-state index is 0.483. The van der Waals surface area contributed by atoms with Gasteiger partial charge in [-0.3, -0.25) is 4.90 Å². The first kappa shape index (κ1) is 14.2. The van der Waals surface area contributed by atoms with Crippen molar-refractivity contribution in [1.29, 1.82) is 0 Å². The molecule has 2 saturated heterocycles. The van der Waals surface area contributed by atoms with Crippen LogP contribution in [0.1, 0.15) is 18.4 Å². The number of anilines is 1. The summed E-state index contributed by atoms with van der Waals surface area (Å²) in [6, 6.07) is 4.67. The average molecular weight is 349 g/mol. The third-order valence-electron chi connectivity index (χ3n) is 4.16. The van der Waals surface area contributed by atoms with Crippen molar-refractivity contribution in [3.05, 3.63) is 28.2 Å². The Labute approximate surface area is 124 Å². The maximum absolute atomic E-state index is 12.9. The van der Waals surface area contributed by atoms with E-state index in [1.54, 1.807) is 6.07 Å². The molecular formula is C14H16BrF3N2. The van der Waals surface area contributed by atoms with Crippen LogP contribution in [0.4, 0.5) is 18.9 Å². The maximum atomic E-state index is 12.9. The van der Waals surface area contributed by atoms with Crippen molar-refractivity contribution in [3.8, 4) is 0 Å². The Hall–Kier alpha value is -0.750. The zero-order valence-corrected chi connectivity index (χ0v) is 12.5. The molecule has 0 bridgehead atoms. The van der Waals surface area contributed by atoms with E-state index in [0.717, 1.165) is 38.7 Å². The van der Waals surface area contributed by atoms with E-state index in [-0.39, 0.29) is 0 Å². The quantitative estimate of drug-likeness (QED) is 0.762. The highest BCUT2D eigenvalue weighted by Crippen LogP contribution is 2.35. The molecule has 0 amide bonds. The highest BCUT2D eigenvalue weighted by atomic mass is 79.9. The lowest BCUT2D eigenvalue weighted by Gasteiger charge is -2.39. The van der Waals surface area contributed by atoms with E-state index >= 15 is 0 Å². The summed E-state index contributed by atoms with van der Waals surface area (Å²) in [5.41, 5.74) is 0.0778. The van der Waals surface area contributed by atoms with E-state index < -0.39 is 11.7 Å². The monoisotopic (exact) mass is 348 g/mol. The fraction of sp³-hybridized carbons (Fsp3) is 0.571. The first-order valence-electron chi connectivity index (χ1n) is 6.80. The number of benzene rings is 1. The van der Waals surface area contributed by atoms with E-state index in [1.807, 2.05) is 0 Å². The lowest BCUT2D eigenvalue weighted by Crippen LogP contribution is -2.50. The molecule has 6 heteroatoms. The highest BCUT2D eigenvalue weighted by molar-refractivity contribution is 9.10. The molecule has 0 aliphatic carbocycles. The molecular weight excluding hydrogens is 333 g/mol. The zero-order valence-electron chi connectivity index (χ0n) is 11.0. The molecule has 0 aromatic heterocycles. The predicted molar refractivity (Wildman–Crippen MR) is 76.0 cm³/mol. The van der Waals surface area contributed by atoms with Gasteiger partial charge in [-0.05, 0) is 37.6 Å². The SMILES string of the molecule is FC(F)(F)c1cc(Br)cc(N2CCN3CCCC3C2)c1. The first-order chi connectivity index (χ1) is 9.43. The van der Waals surface area contributed by atoms with Gasteiger partial charge >= 0.3 is 6.18 Å². The Balaban J connectivity index is 1.85. The average Bonchev–Trinajstić information content (AvgIpc) is 2.84. The van der Waals surface area contributed by atoms with Gasteiger partial charge in [0.15, 0.2) is 0 Å². The highest BCUT2D eigenvalue weighted by Gasteiger charge is 2.34. The van der Waals surface area contributed by atoms with Gasteiger partial charge in [0.1, 0.15) is 0 Å². The van der Waals surface area contributed by atoms with Gasteiger partial charge in [-0.15, -0.1) is 0 Å². The van der Waals surface area contributed by atoms with Crippen molar-refractivity contribution >= 4 is 21.6 Å². The van der Waals surface area contributed by atoms with Gasteiger partial charge in [-0.1, -0.05) is 15.9 Å². The first-order valence-corrected chi connectivity index (χ1v) is 7.59. The molecule has 20 heavy (non-hydrogen) atoms. The van der Waals surface area contributed by atoms with Crippen LogP contribution in [0.5, 0.6) is 0 Å². The van der Waals surface area contributed by atoms with Crippen LogP contribution in [0.2, 0.25) is 0 Å². The number of piperazine rings is 1. The third-order valence-corrected chi connectivity index (χ3v) is 4.62. The van der Waals surface area contributed by atoms with E-state index in [4.69, 9.17) is 0 Å². The molecule has 2 nitrogen and oxygen atoms in total. The Bertz CT molecular complexity index is 504. The lowest BCUT2D eigenvalue weighted by molar-refractivity contribution is -0.137. The molecule has 0 spiro atoms. The predicted octanol–water partition coefficient (Wildman–Crippen LogP) is 3.75. The van der Waals surface area contributed by atoms with Crippen molar-refractivity contribution in [3.63, 3.8) is 0 Å². The summed E-state index contributed by atoms with van der Waals surface area (Å²) in [4.78, 5) is 4.52. The minimum Gasteiger partial charge on any atom is -0.369 e. The molecule has 1 unspecified atom stereocenters. The van der Waals surface area contributed by atoms with Crippen molar-refractivity contribution < 1.29 is 13.2 Å². The van der Waals surface area contributed by atoms with Crippen LogP contribution in [0, 0.1) is 0 Å². The second kappa shape index (κ2) is 5.22. The third kappa shape index (κ3) is 2.81. The maximum Gasteiger partial charge on any atom is 0.416 e. The van der Waals surface area contributed by atoms with E-state index in [1.165, 1.54) is 12.5 Å². The van der Waals surface area contributed by atoms with E-state index in [2.05, 4.69) is 25.7 Å². The summed E-state index contributed by atoms with van der Waals surface area (Å²) in [5, 5.41) is 0. The van der Waals surface area contributed by atoms with Gasteiger partial charge < -0.3 is 4.90 Å². The van der Waals surface area contributed by atoms with Crippen molar-refractivity contribution in [2.45, 2.75) is 25.1 Å². The minimum atomic E-state index is -4.30. The smallest absolute Gasteiger partial charge is 0.369 e. The Morgan fingerprint density at radius 1 is 1.10 bits per heavy atom. The van der Waals surface area contributed by atoms with Gasteiger partial charge in [0.2, 0.25) is 0 Å². The molecule has 0 N–H and O–H groups in total. The molecule has 0 saturated carbocycles.